The van der Waals surface area contributed by atoms with Gasteiger partial charge >= 0.3 is 0 Å². The summed E-state index contributed by atoms with van der Waals surface area (Å²) in [5, 5.41) is 3.55. The minimum absolute atomic E-state index is 0.725. The van der Waals surface area contributed by atoms with Gasteiger partial charge in [-0.05, 0) is 39.4 Å². The summed E-state index contributed by atoms with van der Waals surface area (Å²) in [5.41, 5.74) is 1.35. The summed E-state index contributed by atoms with van der Waals surface area (Å²) in [6.45, 7) is 4.63. The van der Waals surface area contributed by atoms with Crippen molar-refractivity contribution in [2.75, 3.05) is 20.1 Å². The van der Waals surface area contributed by atoms with E-state index in [4.69, 9.17) is 0 Å². The quantitative estimate of drug-likeness (QED) is 0.745. The largest absolute Gasteiger partial charge is 0.306 e. The van der Waals surface area contributed by atoms with E-state index in [1.807, 2.05) is 11.3 Å². The maximum Gasteiger partial charge on any atom is 0.0925 e. The van der Waals surface area contributed by atoms with E-state index < -0.39 is 0 Å². The van der Waals surface area contributed by atoms with Gasteiger partial charge in [0, 0.05) is 11.3 Å². The summed E-state index contributed by atoms with van der Waals surface area (Å²) in [7, 11) is 2.20. The SMILES string of the molecule is CCc1nc(C2CCN(C)CC2)cs1. The smallest absolute Gasteiger partial charge is 0.0925 e. The predicted octanol–water partition coefficient (Wildman–Crippen LogP) is 2.51. The fraction of sp³-hybridized carbons (Fsp3) is 0.727. The molecule has 0 aliphatic carbocycles. The Labute approximate surface area is 90.0 Å². The summed E-state index contributed by atoms with van der Waals surface area (Å²) in [6, 6.07) is 0. The zero-order valence-corrected chi connectivity index (χ0v) is 9.81. The first-order chi connectivity index (χ1) is 6.79. The number of likely N-dealkylation sites (tertiary alicyclic amines) is 1. The zero-order chi connectivity index (χ0) is 9.97. The van der Waals surface area contributed by atoms with Crippen LogP contribution in [0.15, 0.2) is 5.38 Å². The van der Waals surface area contributed by atoms with E-state index in [0.29, 0.717) is 0 Å². The molecule has 1 aliphatic heterocycles. The van der Waals surface area contributed by atoms with Crippen LogP contribution >= 0.6 is 11.3 Å². The lowest BCUT2D eigenvalue weighted by Crippen LogP contribution is -2.29. The van der Waals surface area contributed by atoms with Crippen LogP contribution in [0.3, 0.4) is 0 Å². The van der Waals surface area contributed by atoms with Crippen LogP contribution in [-0.2, 0) is 6.42 Å². The van der Waals surface area contributed by atoms with Gasteiger partial charge in [0.05, 0.1) is 10.7 Å². The van der Waals surface area contributed by atoms with E-state index in [9.17, 15) is 0 Å². The summed E-state index contributed by atoms with van der Waals surface area (Å²) in [6.07, 6.45) is 3.64. The lowest BCUT2D eigenvalue weighted by Gasteiger charge is -2.27. The minimum Gasteiger partial charge on any atom is -0.306 e. The molecule has 0 atom stereocenters. The average Bonchev–Trinajstić information content (AvgIpc) is 2.67. The second kappa shape index (κ2) is 4.41. The Morgan fingerprint density at radius 1 is 1.50 bits per heavy atom. The number of hydrogen-bond acceptors (Lipinski definition) is 3. The first-order valence-corrected chi connectivity index (χ1v) is 6.30. The molecular weight excluding hydrogens is 192 g/mol. The van der Waals surface area contributed by atoms with Crippen molar-refractivity contribution in [1.82, 2.24) is 9.88 Å². The number of hydrogen-bond donors (Lipinski definition) is 0. The number of thiazole rings is 1. The Balaban J connectivity index is 2.01. The molecule has 1 saturated heterocycles. The zero-order valence-electron chi connectivity index (χ0n) is 8.99. The molecular formula is C11H18N2S. The Hall–Kier alpha value is -0.410. The maximum atomic E-state index is 4.68. The molecule has 2 nitrogen and oxygen atoms in total. The highest BCUT2D eigenvalue weighted by Crippen LogP contribution is 2.28. The first kappa shape index (κ1) is 10.1. The molecule has 0 N–H and O–H groups in total. The lowest BCUT2D eigenvalue weighted by molar-refractivity contribution is 0.253. The Morgan fingerprint density at radius 2 is 2.21 bits per heavy atom. The maximum absolute atomic E-state index is 4.68. The molecule has 1 fully saturated rings. The average molecular weight is 210 g/mol. The molecule has 2 rings (SSSR count). The lowest BCUT2D eigenvalue weighted by atomic mass is 9.95. The van der Waals surface area contributed by atoms with E-state index in [-0.39, 0.29) is 0 Å². The monoisotopic (exact) mass is 210 g/mol. The molecule has 78 valence electrons. The van der Waals surface area contributed by atoms with Gasteiger partial charge in [-0.3, -0.25) is 0 Å². The first-order valence-electron chi connectivity index (χ1n) is 5.42. The molecule has 0 unspecified atom stereocenters. The molecule has 3 heteroatoms. The second-order valence-corrected chi connectivity index (χ2v) is 5.04. The Bertz CT molecular complexity index is 287. The molecule has 14 heavy (non-hydrogen) atoms. The summed E-state index contributed by atoms with van der Waals surface area (Å²) in [5.74, 6) is 0.725. The van der Waals surface area contributed by atoms with Crippen molar-refractivity contribution in [2.24, 2.45) is 0 Å². The Kier molecular flexibility index (Phi) is 3.19. The van der Waals surface area contributed by atoms with E-state index >= 15 is 0 Å². The number of nitrogens with zero attached hydrogens (tertiary/aromatic N) is 2. The molecule has 0 spiro atoms. The van der Waals surface area contributed by atoms with Gasteiger partial charge in [-0.25, -0.2) is 4.98 Å². The topological polar surface area (TPSA) is 16.1 Å². The summed E-state index contributed by atoms with van der Waals surface area (Å²) < 4.78 is 0. The van der Waals surface area contributed by atoms with E-state index in [1.165, 1.54) is 36.6 Å². The minimum atomic E-state index is 0.725. The van der Waals surface area contributed by atoms with E-state index in [1.54, 1.807) is 0 Å². The fourth-order valence-corrected chi connectivity index (χ4v) is 2.81. The molecule has 2 heterocycles. The number of piperidine rings is 1. The number of aromatic nitrogens is 1. The molecule has 0 aromatic carbocycles. The third-order valence-electron chi connectivity index (χ3n) is 3.01. The van der Waals surface area contributed by atoms with Crippen LogP contribution in [-0.4, -0.2) is 30.0 Å². The van der Waals surface area contributed by atoms with Crippen LogP contribution < -0.4 is 0 Å². The van der Waals surface area contributed by atoms with Crippen molar-refractivity contribution in [1.29, 1.82) is 0 Å². The third kappa shape index (κ3) is 2.15. The van der Waals surface area contributed by atoms with Crippen molar-refractivity contribution in [3.8, 4) is 0 Å². The van der Waals surface area contributed by atoms with Crippen molar-refractivity contribution in [2.45, 2.75) is 32.1 Å². The fourth-order valence-electron chi connectivity index (χ4n) is 1.98. The highest BCUT2D eigenvalue weighted by Gasteiger charge is 2.20. The molecule has 0 amide bonds. The van der Waals surface area contributed by atoms with Crippen LogP contribution in [0.25, 0.3) is 0 Å². The Morgan fingerprint density at radius 3 is 2.79 bits per heavy atom. The number of aryl methyl sites for hydroxylation is 1. The highest BCUT2D eigenvalue weighted by atomic mass is 32.1. The molecule has 0 saturated carbocycles. The van der Waals surface area contributed by atoms with Crippen LogP contribution in [0, 0.1) is 0 Å². The van der Waals surface area contributed by atoms with Crippen molar-refractivity contribution in [3.05, 3.63) is 16.1 Å². The van der Waals surface area contributed by atoms with Crippen LogP contribution in [0.5, 0.6) is 0 Å². The normalized spacial score (nSPS) is 20.1. The molecule has 0 bridgehead atoms. The van der Waals surface area contributed by atoms with Crippen molar-refractivity contribution in [3.63, 3.8) is 0 Å². The standard InChI is InChI=1S/C11H18N2S/c1-3-11-12-10(8-14-11)9-4-6-13(2)7-5-9/h8-9H,3-7H2,1-2H3. The van der Waals surface area contributed by atoms with E-state index in [2.05, 4.69) is 29.2 Å². The molecule has 1 aliphatic rings. The van der Waals surface area contributed by atoms with Crippen molar-refractivity contribution >= 4 is 11.3 Å². The number of rotatable bonds is 2. The predicted molar refractivity (Wildman–Crippen MR) is 61.0 cm³/mol. The van der Waals surface area contributed by atoms with Gasteiger partial charge < -0.3 is 4.90 Å². The third-order valence-corrected chi connectivity index (χ3v) is 4.02. The molecule has 0 radical (unpaired) electrons. The van der Waals surface area contributed by atoms with Gasteiger partial charge in [-0.15, -0.1) is 11.3 Å². The van der Waals surface area contributed by atoms with Gasteiger partial charge in [0.1, 0.15) is 0 Å². The van der Waals surface area contributed by atoms with Gasteiger partial charge in [-0.1, -0.05) is 6.92 Å². The van der Waals surface area contributed by atoms with Crippen LogP contribution in [0.1, 0.15) is 36.4 Å². The molecule has 1 aromatic rings. The van der Waals surface area contributed by atoms with Gasteiger partial charge in [0.25, 0.3) is 0 Å². The summed E-state index contributed by atoms with van der Waals surface area (Å²) in [4.78, 5) is 7.08. The highest BCUT2D eigenvalue weighted by molar-refractivity contribution is 7.09. The van der Waals surface area contributed by atoms with Gasteiger partial charge in [-0.2, -0.15) is 0 Å². The van der Waals surface area contributed by atoms with Crippen LogP contribution in [0.2, 0.25) is 0 Å². The second-order valence-electron chi connectivity index (χ2n) is 4.10. The van der Waals surface area contributed by atoms with Gasteiger partial charge in [0.2, 0.25) is 0 Å². The van der Waals surface area contributed by atoms with Crippen molar-refractivity contribution < 1.29 is 0 Å². The molecule has 1 aromatic heterocycles. The van der Waals surface area contributed by atoms with Crippen LogP contribution in [0.4, 0.5) is 0 Å². The van der Waals surface area contributed by atoms with Gasteiger partial charge in [0.15, 0.2) is 0 Å². The van der Waals surface area contributed by atoms with E-state index in [0.717, 1.165) is 12.3 Å². The summed E-state index contributed by atoms with van der Waals surface area (Å²) >= 11 is 1.82.